The van der Waals surface area contributed by atoms with E-state index in [-0.39, 0.29) is 27.4 Å². The summed E-state index contributed by atoms with van der Waals surface area (Å²) in [6.45, 7) is 9.74. The first kappa shape index (κ1) is 15.1. The van der Waals surface area contributed by atoms with Gasteiger partial charge in [0.05, 0.1) is 4.92 Å². The average Bonchev–Trinajstić information content (AvgIpc) is 2.56. The molecule has 102 valence electrons. The van der Waals surface area contributed by atoms with Crippen LogP contribution in [0.4, 0.5) is 5.69 Å². The molecule has 0 fully saturated rings. The molecule has 0 aliphatic carbocycles. The third-order valence-electron chi connectivity index (χ3n) is 3.11. The van der Waals surface area contributed by atoms with Crippen molar-refractivity contribution in [3.8, 4) is 0 Å². The number of nitrogens with zero attached hydrogens (tertiary/aromatic N) is 3. The quantitative estimate of drug-likeness (QED) is 0.469. The van der Waals surface area contributed by atoms with Crippen LogP contribution >= 0.6 is 15.9 Å². The number of hydrogen-bond acceptors (Lipinski definition) is 3. The molecule has 0 bridgehead atoms. The molecule has 0 saturated heterocycles. The minimum atomic E-state index is -0.311. The third kappa shape index (κ3) is 2.74. The number of rotatable bonds is 5. The Morgan fingerprint density at radius 1 is 1.44 bits per heavy atom. The Kier molecular flexibility index (Phi) is 4.90. The molecule has 0 saturated carbocycles. The molecule has 0 N–H and O–H groups in total. The average molecular weight is 318 g/mol. The van der Waals surface area contributed by atoms with Crippen molar-refractivity contribution in [3.63, 3.8) is 0 Å². The van der Waals surface area contributed by atoms with Crippen molar-refractivity contribution in [1.29, 1.82) is 0 Å². The normalized spacial score (nSPS) is 14.8. The number of alkyl halides is 1. The lowest BCUT2D eigenvalue weighted by atomic mass is 9.97. The number of hydrogen-bond donors (Lipinski definition) is 0. The van der Waals surface area contributed by atoms with E-state index in [1.54, 1.807) is 11.6 Å². The summed E-state index contributed by atoms with van der Waals surface area (Å²) >= 11 is 3.55. The summed E-state index contributed by atoms with van der Waals surface area (Å²) in [5.41, 5.74) is 1.40. The molecular weight excluding hydrogens is 298 g/mol. The largest absolute Gasteiger partial charge is 0.313 e. The predicted molar refractivity (Wildman–Crippen MR) is 75.4 cm³/mol. The highest BCUT2D eigenvalue weighted by Crippen LogP contribution is 2.37. The molecule has 0 amide bonds. The highest BCUT2D eigenvalue weighted by Gasteiger charge is 2.33. The van der Waals surface area contributed by atoms with Crippen molar-refractivity contribution in [2.24, 2.45) is 0 Å². The van der Waals surface area contributed by atoms with Gasteiger partial charge in [-0.25, -0.2) is 0 Å². The lowest BCUT2D eigenvalue weighted by Gasteiger charge is -2.20. The fourth-order valence-electron chi connectivity index (χ4n) is 2.26. The maximum absolute atomic E-state index is 11.3. The maximum atomic E-state index is 11.3. The summed E-state index contributed by atoms with van der Waals surface area (Å²) in [6.07, 6.45) is 0.838. The summed E-state index contributed by atoms with van der Waals surface area (Å²) < 4.78 is 1.79. The molecule has 0 aliphatic rings. The molecule has 1 rings (SSSR count). The van der Waals surface area contributed by atoms with Crippen LogP contribution in [0.15, 0.2) is 0 Å². The molecule has 0 spiro atoms. The van der Waals surface area contributed by atoms with E-state index in [1.807, 2.05) is 27.7 Å². The first-order valence-corrected chi connectivity index (χ1v) is 7.10. The van der Waals surface area contributed by atoms with E-state index in [1.165, 1.54) is 0 Å². The van der Waals surface area contributed by atoms with Gasteiger partial charge < -0.3 is 0 Å². The molecule has 0 radical (unpaired) electrons. The van der Waals surface area contributed by atoms with E-state index in [4.69, 9.17) is 0 Å². The maximum Gasteiger partial charge on any atom is 0.313 e. The smallest absolute Gasteiger partial charge is 0.259 e. The number of aromatic nitrogens is 2. The minimum Gasteiger partial charge on any atom is -0.259 e. The Balaban J connectivity index is 3.49. The van der Waals surface area contributed by atoms with Crippen LogP contribution in [0.25, 0.3) is 0 Å². The van der Waals surface area contributed by atoms with Gasteiger partial charge in [0.2, 0.25) is 0 Å². The number of nitro groups is 1. The molecule has 5 nitrogen and oxygen atoms in total. The summed E-state index contributed by atoms with van der Waals surface area (Å²) in [6, 6.07) is 0.118. The summed E-state index contributed by atoms with van der Waals surface area (Å²) in [7, 11) is 0. The zero-order valence-electron chi connectivity index (χ0n) is 11.5. The molecule has 2 unspecified atom stereocenters. The van der Waals surface area contributed by atoms with E-state index in [0.717, 1.165) is 12.1 Å². The van der Waals surface area contributed by atoms with Gasteiger partial charge in [0.25, 0.3) is 0 Å². The van der Waals surface area contributed by atoms with Crippen LogP contribution in [0.1, 0.15) is 57.5 Å². The van der Waals surface area contributed by atoms with E-state index < -0.39 is 0 Å². The van der Waals surface area contributed by atoms with Gasteiger partial charge >= 0.3 is 5.69 Å². The molecule has 1 aromatic rings. The topological polar surface area (TPSA) is 61.0 Å². The van der Waals surface area contributed by atoms with Crippen molar-refractivity contribution < 1.29 is 4.92 Å². The highest BCUT2D eigenvalue weighted by molar-refractivity contribution is 9.09. The standard InChI is InChI=1S/C12H20BrN3O2/c1-6-10(8(4)13)12-11(16(17)18)9(5)14-15(12)7(2)3/h7-8,10H,6H2,1-5H3. The number of halogens is 1. The molecular formula is C12H20BrN3O2. The Bertz CT molecular complexity index is 441. The summed E-state index contributed by atoms with van der Waals surface area (Å²) in [4.78, 5) is 11.1. The van der Waals surface area contributed by atoms with Crippen LogP contribution in [0.5, 0.6) is 0 Å². The fourth-order valence-corrected chi connectivity index (χ4v) is 2.88. The van der Waals surface area contributed by atoms with E-state index >= 15 is 0 Å². The van der Waals surface area contributed by atoms with Crippen molar-refractivity contribution >= 4 is 21.6 Å². The van der Waals surface area contributed by atoms with Gasteiger partial charge in [-0.1, -0.05) is 29.8 Å². The van der Waals surface area contributed by atoms with Crippen LogP contribution < -0.4 is 0 Å². The monoisotopic (exact) mass is 317 g/mol. The number of aryl methyl sites for hydroxylation is 1. The Hall–Kier alpha value is -0.910. The van der Waals surface area contributed by atoms with Crippen LogP contribution in [0.2, 0.25) is 0 Å². The van der Waals surface area contributed by atoms with Crippen LogP contribution in [-0.4, -0.2) is 19.5 Å². The van der Waals surface area contributed by atoms with Gasteiger partial charge in [0.15, 0.2) is 0 Å². The predicted octanol–water partition coefficient (Wildman–Crippen LogP) is 3.96. The van der Waals surface area contributed by atoms with Crippen molar-refractivity contribution in [2.45, 2.75) is 57.8 Å². The SMILES string of the molecule is CCC(c1c([N+](=O)[O-])c(C)nn1C(C)C)C(C)Br. The second kappa shape index (κ2) is 5.82. The minimum absolute atomic E-state index is 0.0917. The Morgan fingerprint density at radius 2 is 2.00 bits per heavy atom. The second-order valence-corrected chi connectivity index (χ2v) is 6.25. The van der Waals surface area contributed by atoms with Gasteiger partial charge in [-0.15, -0.1) is 0 Å². The van der Waals surface area contributed by atoms with Gasteiger partial charge in [0.1, 0.15) is 11.4 Å². The molecule has 1 aromatic heterocycles. The summed E-state index contributed by atoms with van der Waals surface area (Å²) in [5.74, 6) is 0.0917. The summed E-state index contributed by atoms with van der Waals surface area (Å²) in [5, 5.41) is 15.6. The zero-order valence-corrected chi connectivity index (χ0v) is 13.1. The van der Waals surface area contributed by atoms with Gasteiger partial charge in [0, 0.05) is 16.8 Å². The lowest BCUT2D eigenvalue weighted by molar-refractivity contribution is -0.386. The molecule has 1 heterocycles. The van der Waals surface area contributed by atoms with E-state index in [0.29, 0.717) is 5.69 Å². The van der Waals surface area contributed by atoms with Crippen LogP contribution in [0, 0.1) is 17.0 Å². The van der Waals surface area contributed by atoms with Crippen molar-refractivity contribution in [1.82, 2.24) is 9.78 Å². The van der Waals surface area contributed by atoms with Gasteiger partial charge in [-0.3, -0.25) is 14.8 Å². The fraction of sp³-hybridized carbons (Fsp3) is 0.750. The molecule has 0 aromatic carbocycles. The molecule has 2 atom stereocenters. The van der Waals surface area contributed by atoms with Crippen LogP contribution in [0.3, 0.4) is 0 Å². The zero-order chi connectivity index (χ0) is 14.0. The Morgan fingerprint density at radius 3 is 2.33 bits per heavy atom. The van der Waals surface area contributed by atoms with Crippen molar-refractivity contribution in [2.75, 3.05) is 0 Å². The van der Waals surface area contributed by atoms with E-state index in [9.17, 15) is 10.1 Å². The lowest BCUT2D eigenvalue weighted by Crippen LogP contribution is -2.17. The van der Waals surface area contributed by atoms with Gasteiger partial charge in [-0.05, 0) is 27.2 Å². The first-order valence-electron chi connectivity index (χ1n) is 6.18. The first-order chi connectivity index (χ1) is 8.31. The highest BCUT2D eigenvalue weighted by atomic mass is 79.9. The Labute approximate surface area is 116 Å². The van der Waals surface area contributed by atoms with E-state index in [2.05, 4.69) is 21.0 Å². The molecule has 18 heavy (non-hydrogen) atoms. The third-order valence-corrected chi connectivity index (χ3v) is 3.75. The van der Waals surface area contributed by atoms with Crippen molar-refractivity contribution in [3.05, 3.63) is 21.5 Å². The molecule has 6 heteroatoms. The van der Waals surface area contributed by atoms with Gasteiger partial charge in [-0.2, -0.15) is 5.10 Å². The van der Waals surface area contributed by atoms with Crippen LogP contribution in [-0.2, 0) is 0 Å². The molecule has 0 aliphatic heterocycles. The second-order valence-electron chi connectivity index (χ2n) is 4.81.